The molecule has 0 aromatic heterocycles. The molecule has 0 fully saturated rings. The Morgan fingerprint density at radius 2 is 1.93 bits per heavy atom. The van der Waals surface area contributed by atoms with Gasteiger partial charge in [0, 0.05) is 18.7 Å². The molecule has 0 radical (unpaired) electrons. The van der Waals surface area contributed by atoms with Gasteiger partial charge in [0.25, 0.3) is 0 Å². The zero-order valence-electron chi connectivity index (χ0n) is 15.8. The zero-order valence-corrected chi connectivity index (χ0v) is 15.8. The van der Waals surface area contributed by atoms with E-state index < -0.39 is 0 Å². The van der Waals surface area contributed by atoms with Crippen molar-refractivity contribution < 1.29 is 23.5 Å². The third-order valence-electron chi connectivity index (χ3n) is 4.20. The van der Waals surface area contributed by atoms with E-state index in [0.29, 0.717) is 24.5 Å². The lowest BCUT2D eigenvalue weighted by Crippen LogP contribution is -2.21. The van der Waals surface area contributed by atoms with Crippen LogP contribution in [-0.4, -0.2) is 37.5 Å². The molecule has 5 nitrogen and oxygen atoms in total. The normalized spacial score (nSPS) is 10.4. The molecule has 2 rings (SSSR count). The highest BCUT2D eigenvalue weighted by molar-refractivity contribution is 5.77. The van der Waals surface area contributed by atoms with Crippen molar-refractivity contribution in [1.82, 2.24) is 4.90 Å². The number of hydrogen-bond donors (Lipinski definition) is 0. The van der Waals surface area contributed by atoms with Crippen molar-refractivity contribution in [3.63, 3.8) is 0 Å². The summed E-state index contributed by atoms with van der Waals surface area (Å²) in [5.41, 5.74) is 2.91. The first-order valence-corrected chi connectivity index (χ1v) is 8.83. The van der Waals surface area contributed by atoms with E-state index >= 15 is 0 Å². The molecule has 0 spiro atoms. The molecule has 0 atom stereocenters. The van der Waals surface area contributed by atoms with Gasteiger partial charge in [-0.2, -0.15) is 0 Å². The number of methoxy groups -OCH3 is 1. The van der Waals surface area contributed by atoms with E-state index in [1.807, 2.05) is 13.0 Å². The van der Waals surface area contributed by atoms with E-state index in [1.165, 1.54) is 12.1 Å². The predicted molar refractivity (Wildman–Crippen MR) is 101 cm³/mol. The lowest BCUT2D eigenvalue weighted by atomic mass is 9.96. The summed E-state index contributed by atoms with van der Waals surface area (Å²) in [6.07, 6.45) is 0.875. The Labute approximate surface area is 158 Å². The topological polar surface area (TPSA) is 55.8 Å². The summed E-state index contributed by atoms with van der Waals surface area (Å²) >= 11 is 0. The summed E-state index contributed by atoms with van der Waals surface area (Å²) in [5.74, 6) is -0.0898. The van der Waals surface area contributed by atoms with Crippen LogP contribution in [0.5, 0.6) is 5.75 Å². The van der Waals surface area contributed by atoms with E-state index in [4.69, 9.17) is 9.47 Å². The molecular weight excluding hydrogens is 349 g/mol. The monoisotopic (exact) mass is 373 g/mol. The minimum Gasteiger partial charge on any atom is -0.496 e. The maximum Gasteiger partial charge on any atom is 0.310 e. The highest BCUT2D eigenvalue weighted by Crippen LogP contribution is 2.34. The number of carbonyl (C=O) groups excluding carboxylic acids is 2. The van der Waals surface area contributed by atoms with Crippen LogP contribution < -0.4 is 4.74 Å². The van der Waals surface area contributed by atoms with Crippen molar-refractivity contribution in [3.05, 3.63) is 53.3 Å². The molecule has 1 amide bonds. The number of halogens is 1. The Hall–Kier alpha value is -2.89. The van der Waals surface area contributed by atoms with Crippen molar-refractivity contribution in [3.8, 4) is 16.9 Å². The Morgan fingerprint density at radius 3 is 2.56 bits per heavy atom. The Balaban J connectivity index is 2.49. The van der Waals surface area contributed by atoms with Crippen LogP contribution in [0.4, 0.5) is 4.39 Å². The second-order valence-corrected chi connectivity index (χ2v) is 5.99. The van der Waals surface area contributed by atoms with Gasteiger partial charge in [0.1, 0.15) is 11.6 Å². The minimum atomic E-state index is -0.377. The summed E-state index contributed by atoms with van der Waals surface area (Å²) < 4.78 is 24.3. The van der Waals surface area contributed by atoms with E-state index in [2.05, 4.69) is 0 Å². The quantitative estimate of drug-likeness (QED) is 0.498. The van der Waals surface area contributed by atoms with E-state index in [1.54, 1.807) is 37.1 Å². The second-order valence-electron chi connectivity index (χ2n) is 5.99. The number of carbonyl (C=O) groups is 2. The SMILES string of the molecule is CCOC(=O)Cc1ccc(OC)c(-c2ccc(F)cc2CN(C=O)CC)c1. The maximum absolute atomic E-state index is 13.8. The molecule has 0 aliphatic heterocycles. The van der Waals surface area contributed by atoms with E-state index in [9.17, 15) is 14.0 Å². The zero-order chi connectivity index (χ0) is 19.8. The predicted octanol–water partition coefficient (Wildman–Crippen LogP) is 3.59. The molecule has 0 saturated carbocycles. The fourth-order valence-corrected chi connectivity index (χ4v) is 2.85. The smallest absolute Gasteiger partial charge is 0.310 e. The molecule has 0 aliphatic rings. The number of nitrogens with zero attached hydrogens (tertiary/aromatic N) is 1. The molecular formula is C21H24FNO4. The van der Waals surface area contributed by atoms with Crippen LogP contribution >= 0.6 is 0 Å². The Morgan fingerprint density at radius 1 is 1.15 bits per heavy atom. The number of hydrogen-bond acceptors (Lipinski definition) is 4. The summed E-state index contributed by atoms with van der Waals surface area (Å²) in [4.78, 5) is 24.5. The third-order valence-corrected chi connectivity index (χ3v) is 4.20. The summed E-state index contributed by atoms with van der Waals surface area (Å²) in [5, 5.41) is 0. The summed E-state index contributed by atoms with van der Waals surface area (Å²) in [6, 6.07) is 9.85. The molecule has 2 aromatic rings. The standard InChI is InChI=1S/C21H24FNO4/c1-4-23(14-24)13-16-12-17(22)7-8-18(16)19-10-15(6-9-20(19)26-3)11-21(25)27-5-2/h6-10,12,14H,4-5,11,13H2,1-3H3. The van der Waals surface area contributed by atoms with Gasteiger partial charge in [-0.15, -0.1) is 0 Å². The van der Waals surface area contributed by atoms with Crippen LogP contribution in [0.25, 0.3) is 11.1 Å². The van der Waals surface area contributed by atoms with Crippen LogP contribution in [-0.2, 0) is 27.3 Å². The van der Waals surface area contributed by atoms with Gasteiger partial charge in [-0.3, -0.25) is 9.59 Å². The van der Waals surface area contributed by atoms with Gasteiger partial charge < -0.3 is 14.4 Å². The number of esters is 1. The highest BCUT2D eigenvalue weighted by atomic mass is 19.1. The molecule has 0 saturated heterocycles. The van der Waals surface area contributed by atoms with Gasteiger partial charge in [0.15, 0.2) is 0 Å². The number of amides is 1. The van der Waals surface area contributed by atoms with Gasteiger partial charge in [-0.05, 0) is 54.8 Å². The average molecular weight is 373 g/mol. The minimum absolute atomic E-state index is 0.136. The summed E-state index contributed by atoms with van der Waals surface area (Å²) in [6.45, 7) is 4.73. The van der Waals surface area contributed by atoms with Gasteiger partial charge in [0.05, 0.1) is 20.1 Å². The Bertz CT molecular complexity index is 807. The van der Waals surface area contributed by atoms with Crippen LogP contribution in [0.1, 0.15) is 25.0 Å². The van der Waals surface area contributed by atoms with Gasteiger partial charge in [-0.1, -0.05) is 12.1 Å². The van der Waals surface area contributed by atoms with E-state index in [0.717, 1.165) is 23.1 Å². The first-order chi connectivity index (χ1) is 13.0. The van der Waals surface area contributed by atoms with Gasteiger partial charge >= 0.3 is 5.97 Å². The maximum atomic E-state index is 13.8. The van der Waals surface area contributed by atoms with Gasteiger partial charge in [0.2, 0.25) is 6.41 Å². The molecule has 0 heterocycles. The second kappa shape index (κ2) is 9.71. The van der Waals surface area contributed by atoms with Crippen LogP contribution in [0.2, 0.25) is 0 Å². The van der Waals surface area contributed by atoms with Crippen molar-refractivity contribution in [1.29, 1.82) is 0 Å². The lowest BCUT2D eigenvalue weighted by Gasteiger charge is -2.19. The Kier molecular flexibility index (Phi) is 7.34. The fraction of sp³-hybridized carbons (Fsp3) is 0.333. The van der Waals surface area contributed by atoms with Crippen molar-refractivity contribution >= 4 is 12.4 Å². The van der Waals surface area contributed by atoms with E-state index in [-0.39, 0.29) is 24.8 Å². The first kappa shape index (κ1) is 20.4. The first-order valence-electron chi connectivity index (χ1n) is 8.83. The van der Waals surface area contributed by atoms with Crippen LogP contribution in [0.3, 0.4) is 0 Å². The van der Waals surface area contributed by atoms with Gasteiger partial charge in [-0.25, -0.2) is 4.39 Å². The van der Waals surface area contributed by atoms with Crippen LogP contribution in [0.15, 0.2) is 36.4 Å². The molecule has 0 N–H and O–H groups in total. The average Bonchev–Trinajstić information content (AvgIpc) is 2.66. The number of rotatable bonds is 9. The molecule has 144 valence electrons. The molecule has 0 aliphatic carbocycles. The number of ether oxygens (including phenoxy) is 2. The molecule has 6 heteroatoms. The largest absolute Gasteiger partial charge is 0.496 e. The third kappa shape index (κ3) is 5.29. The van der Waals surface area contributed by atoms with Crippen molar-refractivity contribution in [2.75, 3.05) is 20.3 Å². The molecule has 27 heavy (non-hydrogen) atoms. The number of benzene rings is 2. The molecule has 0 unspecified atom stereocenters. The summed E-state index contributed by atoms with van der Waals surface area (Å²) in [7, 11) is 1.55. The lowest BCUT2D eigenvalue weighted by molar-refractivity contribution is -0.142. The van der Waals surface area contributed by atoms with Crippen molar-refractivity contribution in [2.45, 2.75) is 26.8 Å². The highest BCUT2D eigenvalue weighted by Gasteiger charge is 2.15. The van der Waals surface area contributed by atoms with Crippen molar-refractivity contribution in [2.24, 2.45) is 0 Å². The molecule has 0 bridgehead atoms. The fourth-order valence-electron chi connectivity index (χ4n) is 2.85. The van der Waals surface area contributed by atoms with Crippen LogP contribution in [0, 0.1) is 5.82 Å². The molecule has 2 aromatic carbocycles.